The molecule has 186 valence electrons. The molecule has 0 aliphatic carbocycles. The number of ether oxygens (including phenoxy) is 3. The fraction of sp³-hybridized carbons (Fsp3) is 0.333. The Hall–Kier alpha value is -3.95. The number of nitriles is 2. The summed E-state index contributed by atoms with van der Waals surface area (Å²) in [6, 6.07) is 11.4. The second-order valence-electron chi connectivity index (χ2n) is 8.49. The second kappa shape index (κ2) is 11.2. The number of esters is 1. The average Bonchev–Trinajstić information content (AvgIpc) is 2.85. The van der Waals surface area contributed by atoms with Crippen molar-refractivity contribution in [2.75, 3.05) is 12.9 Å². The molecule has 2 aromatic rings. The standard InChI is InChI=1S/C27H28N4O4S/c1-14(2)34-27(32)24-22(13-36-26-19(11-28)16(4)15(3)17(5)31-26)35-25(30)20(12-29)23(24)18-9-7-8-10-21(18)33-6/h7-10,14,23H,13,30H2,1-6H3/t23-/m0/s1. The number of nitrogens with two attached hydrogens (primary N) is 1. The first-order chi connectivity index (χ1) is 17.1. The molecule has 0 saturated carbocycles. The van der Waals surface area contributed by atoms with Gasteiger partial charge in [-0.05, 0) is 51.8 Å². The van der Waals surface area contributed by atoms with Crippen LogP contribution >= 0.6 is 11.8 Å². The van der Waals surface area contributed by atoms with E-state index in [-0.39, 0.29) is 28.5 Å². The Morgan fingerprint density at radius 2 is 1.89 bits per heavy atom. The number of allylic oxidation sites excluding steroid dienone is 1. The van der Waals surface area contributed by atoms with Gasteiger partial charge >= 0.3 is 5.97 Å². The topological polar surface area (TPSA) is 131 Å². The number of carbonyl (C=O) groups excluding carboxylic acids is 1. The van der Waals surface area contributed by atoms with Gasteiger partial charge in [0.1, 0.15) is 34.2 Å². The van der Waals surface area contributed by atoms with Crippen molar-refractivity contribution in [2.24, 2.45) is 5.73 Å². The first-order valence-corrected chi connectivity index (χ1v) is 12.3. The van der Waals surface area contributed by atoms with Crippen LogP contribution in [0.4, 0.5) is 0 Å². The summed E-state index contributed by atoms with van der Waals surface area (Å²) in [5, 5.41) is 20.2. The van der Waals surface area contributed by atoms with E-state index in [1.54, 1.807) is 38.1 Å². The summed E-state index contributed by atoms with van der Waals surface area (Å²) in [5.41, 5.74) is 10.1. The van der Waals surface area contributed by atoms with Crippen LogP contribution in [0.1, 0.15) is 47.7 Å². The van der Waals surface area contributed by atoms with Crippen molar-refractivity contribution in [3.8, 4) is 17.9 Å². The van der Waals surface area contributed by atoms with Crippen molar-refractivity contribution in [3.63, 3.8) is 0 Å². The smallest absolute Gasteiger partial charge is 0.338 e. The minimum absolute atomic E-state index is 0.0850. The fourth-order valence-corrected chi connectivity index (χ4v) is 4.95. The van der Waals surface area contributed by atoms with E-state index in [9.17, 15) is 15.3 Å². The number of hydrogen-bond donors (Lipinski definition) is 1. The molecule has 2 heterocycles. The summed E-state index contributed by atoms with van der Waals surface area (Å²) in [5.74, 6) is -0.718. The third-order valence-electron chi connectivity index (χ3n) is 5.92. The van der Waals surface area contributed by atoms with Crippen LogP contribution in [0.2, 0.25) is 0 Å². The third-order valence-corrected chi connectivity index (χ3v) is 6.90. The minimum Gasteiger partial charge on any atom is -0.496 e. The number of aryl methyl sites for hydroxylation is 1. The summed E-state index contributed by atoms with van der Waals surface area (Å²) >= 11 is 1.26. The van der Waals surface area contributed by atoms with E-state index in [2.05, 4.69) is 17.1 Å². The molecule has 1 aromatic carbocycles. The summed E-state index contributed by atoms with van der Waals surface area (Å²) in [4.78, 5) is 18.0. The molecule has 3 rings (SSSR count). The highest BCUT2D eigenvalue weighted by atomic mass is 32.2. The van der Waals surface area contributed by atoms with E-state index in [4.69, 9.17) is 19.9 Å². The molecule has 1 aliphatic rings. The highest BCUT2D eigenvalue weighted by Crippen LogP contribution is 2.44. The SMILES string of the molecule is COc1ccccc1[C@H]1C(C#N)=C(N)OC(CSc2nc(C)c(C)c(C)c2C#N)=C1C(=O)OC(C)C. The van der Waals surface area contributed by atoms with Crippen LogP contribution < -0.4 is 10.5 Å². The Morgan fingerprint density at radius 3 is 2.50 bits per heavy atom. The Bertz CT molecular complexity index is 1350. The summed E-state index contributed by atoms with van der Waals surface area (Å²) in [6.45, 7) is 9.17. The van der Waals surface area contributed by atoms with E-state index in [1.807, 2.05) is 20.8 Å². The molecule has 0 spiro atoms. The molecule has 0 bridgehead atoms. The molecule has 1 aliphatic heterocycles. The normalized spacial score (nSPS) is 15.3. The number of aromatic nitrogens is 1. The molecule has 0 radical (unpaired) electrons. The van der Waals surface area contributed by atoms with Gasteiger partial charge in [-0.3, -0.25) is 0 Å². The van der Waals surface area contributed by atoms with E-state index in [0.717, 1.165) is 16.8 Å². The van der Waals surface area contributed by atoms with Gasteiger partial charge in [-0.1, -0.05) is 30.0 Å². The molecule has 1 aromatic heterocycles. The summed E-state index contributed by atoms with van der Waals surface area (Å²) < 4.78 is 16.9. The van der Waals surface area contributed by atoms with Gasteiger partial charge < -0.3 is 19.9 Å². The molecule has 0 amide bonds. The number of carbonyl (C=O) groups is 1. The molecule has 1 atom stereocenters. The number of para-hydroxylation sites is 1. The monoisotopic (exact) mass is 504 g/mol. The van der Waals surface area contributed by atoms with Gasteiger partial charge in [0.25, 0.3) is 0 Å². The lowest BCUT2D eigenvalue weighted by atomic mass is 9.82. The number of thioether (sulfide) groups is 1. The van der Waals surface area contributed by atoms with Crippen molar-refractivity contribution >= 4 is 17.7 Å². The van der Waals surface area contributed by atoms with Gasteiger partial charge in [0.05, 0.1) is 36.0 Å². The van der Waals surface area contributed by atoms with Crippen LogP contribution in [0.5, 0.6) is 5.75 Å². The predicted molar refractivity (Wildman–Crippen MR) is 136 cm³/mol. The lowest BCUT2D eigenvalue weighted by Gasteiger charge is -2.29. The van der Waals surface area contributed by atoms with Crippen molar-refractivity contribution in [1.29, 1.82) is 10.5 Å². The average molecular weight is 505 g/mol. The first kappa shape index (κ1) is 26.7. The lowest BCUT2D eigenvalue weighted by Crippen LogP contribution is -2.28. The molecule has 0 saturated heterocycles. The van der Waals surface area contributed by atoms with E-state index >= 15 is 0 Å². The molecule has 36 heavy (non-hydrogen) atoms. The van der Waals surface area contributed by atoms with Crippen molar-refractivity contribution in [2.45, 2.75) is 51.7 Å². The summed E-state index contributed by atoms with van der Waals surface area (Å²) in [6.07, 6.45) is -0.403. The molecule has 0 unspecified atom stereocenters. The van der Waals surface area contributed by atoms with Crippen LogP contribution in [0.3, 0.4) is 0 Å². The molecular formula is C27H28N4O4S. The molecule has 9 heteroatoms. The lowest BCUT2D eigenvalue weighted by molar-refractivity contribution is -0.143. The number of hydrogen-bond acceptors (Lipinski definition) is 9. The van der Waals surface area contributed by atoms with E-state index in [1.165, 1.54) is 18.9 Å². The Kier molecular flexibility index (Phi) is 8.29. The quantitative estimate of drug-likeness (QED) is 0.421. The molecule has 8 nitrogen and oxygen atoms in total. The van der Waals surface area contributed by atoms with Crippen molar-refractivity contribution in [3.05, 3.63) is 75.0 Å². The third kappa shape index (κ3) is 5.17. The fourth-order valence-electron chi connectivity index (χ4n) is 3.92. The zero-order chi connectivity index (χ0) is 26.6. The number of methoxy groups -OCH3 is 1. The van der Waals surface area contributed by atoms with Gasteiger partial charge in [0, 0.05) is 11.3 Å². The van der Waals surface area contributed by atoms with Gasteiger partial charge in [-0.2, -0.15) is 10.5 Å². The highest BCUT2D eigenvalue weighted by molar-refractivity contribution is 7.99. The van der Waals surface area contributed by atoms with Gasteiger partial charge in [-0.15, -0.1) is 0 Å². The van der Waals surface area contributed by atoms with Gasteiger partial charge in [-0.25, -0.2) is 9.78 Å². The van der Waals surface area contributed by atoms with Gasteiger partial charge in [0.15, 0.2) is 0 Å². The number of nitrogens with zero attached hydrogens (tertiary/aromatic N) is 3. The Morgan fingerprint density at radius 1 is 1.19 bits per heavy atom. The van der Waals surface area contributed by atoms with Crippen LogP contribution in [0.15, 0.2) is 52.1 Å². The largest absolute Gasteiger partial charge is 0.496 e. The zero-order valence-corrected chi connectivity index (χ0v) is 21.9. The highest BCUT2D eigenvalue weighted by Gasteiger charge is 2.39. The van der Waals surface area contributed by atoms with Gasteiger partial charge in [0.2, 0.25) is 5.88 Å². The maximum Gasteiger partial charge on any atom is 0.338 e. The van der Waals surface area contributed by atoms with Crippen LogP contribution in [-0.4, -0.2) is 29.9 Å². The van der Waals surface area contributed by atoms with E-state index in [0.29, 0.717) is 21.9 Å². The summed E-state index contributed by atoms with van der Waals surface area (Å²) in [7, 11) is 1.51. The van der Waals surface area contributed by atoms with E-state index < -0.39 is 18.0 Å². The zero-order valence-electron chi connectivity index (χ0n) is 21.1. The maximum absolute atomic E-state index is 13.4. The Labute approximate surface area is 215 Å². The van der Waals surface area contributed by atoms with Crippen LogP contribution in [0, 0.1) is 43.4 Å². The molecule has 0 fully saturated rings. The second-order valence-corrected chi connectivity index (χ2v) is 9.45. The minimum atomic E-state index is -0.855. The van der Waals surface area contributed by atoms with Crippen molar-refractivity contribution in [1.82, 2.24) is 4.98 Å². The number of rotatable bonds is 7. The maximum atomic E-state index is 13.4. The first-order valence-electron chi connectivity index (χ1n) is 11.3. The Balaban J connectivity index is 2.18. The predicted octanol–water partition coefficient (Wildman–Crippen LogP) is 4.69. The van der Waals surface area contributed by atoms with Crippen molar-refractivity contribution < 1.29 is 19.0 Å². The number of benzene rings is 1. The van der Waals surface area contributed by atoms with Crippen LogP contribution in [0.25, 0.3) is 0 Å². The number of pyridine rings is 1. The molecular weight excluding hydrogens is 476 g/mol. The van der Waals surface area contributed by atoms with Crippen LogP contribution in [-0.2, 0) is 14.3 Å². The molecule has 2 N–H and O–H groups in total.